The fourth-order valence-corrected chi connectivity index (χ4v) is 3.06. The predicted octanol–water partition coefficient (Wildman–Crippen LogP) is 3.29. The summed E-state index contributed by atoms with van der Waals surface area (Å²) in [6.07, 6.45) is 0. The molecule has 25 heavy (non-hydrogen) atoms. The van der Waals surface area contributed by atoms with Crippen LogP contribution in [0.4, 0.5) is 10.1 Å². The molecule has 0 saturated heterocycles. The predicted molar refractivity (Wildman–Crippen MR) is 99.1 cm³/mol. The molecule has 0 atom stereocenters. The molecule has 0 spiro atoms. The van der Waals surface area contributed by atoms with Crippen molar-refractivity contribution in [3.8, 4) is 11.4 Å². The number of nitrogens with two attached hydrogens (primary N) is 1. The summed E-state index contributed by atoms with van der Waals surface area (Å²) in [6, 6.07) is 13.8. The van der Waals surface area contributed by atoms with Crippen molar-refractivity contribution in [1.82, 2.24) is 14.9 Å². The van der Waals surface area contributed by atoms with Crippen molar-refractivity contribution in [2.24, 2.45) is 0 Å². The van der Waals surface area contributed by atoms with E-state index in [0.29, 0.717) is 15.5 Å². The van der Waals surface area contributed by atoms with Gasteiger partial charge in [0, 0.05) is 10.0 Å². The Hall–Kier alpha value is -2.39. The van der Waals surface area contributed by atoms with Crippen LogP contribution in [-0.4, -0.2) is 26.5 Å². The molecule has 2 aromatic carbocycles. The molecule has 1 heterocycles. The number of halogens is 2. The topological polar surface area (TPSA) is 85.8 Å². The minimum absolute atomic E-state index is 0.0274. The van der Waals surface area contributed by atoms with Crippen molar-refractivity contribution in [2.45, 2.75) is 5.16 Å². The molecule has 0 bridgehead atoms. The molecule has 1 amide bonds. The first kappa shape index (κ1) is 17.4. The molecule has 0 saturated carbocycles. The Morgan fingerprint density at radius 2 is 2.00 bits per heavy atom. The van der Waals surface area contributed by atoms with Gasteiger partial charge in [0.25, 0.3) is 0 Å². The number of anilines is 1. The lowest BCUT2D eigenvalue weighted by atomic mass is 10.2. The Morgan fingerprint density at radius 1 is 1.24 bits per heavy atom. The van der Waals surface area contributed by atoms with E-state index in [9.17, 15) is 9.18 Å². The molecule has 3 aromatic rings. The van der Waals surface area contributed by atoms with Crippen LogP contribution in [-0.2, 0) is 4.79 Å². The molecule has 6 nitrogen and oxygen atoms in total. The van der Waals surface area contributed by atoms with E-state index in [4.69, 9.17) is 5.84 Å². The highest BCUT2D eigenvalue weighted by Crippen LogP contribution is 2.22. The third kappa shape index (κ3) is 4.18. The van der Waals surface area contributed by atoms with Crippen LogP contribution in [0.2, 0.25) is 0 Å². The molecule has 0 fully saturated rings. The summed E-state index contributed by atoms with van der Waals surface area (Å²) in [5.41, 5.74) is 0.943. The lowest BCUT2D eigenvalue weighted by Crippen LogP contribution is -2.17. The third-order valence-electron chi connectivity index (χ3n) is 3.23. The number of rotatable bonds is 5. The van der Waals surface area contributed by atoms with Crippen molar-refractivity contribution in [3.63, 3.8) is 0 Å². The monoisotopic (exact) mass is 421 g/mol. The number of nitrogens with one attached hydrogen (secondary N) is 1. The Bertz CT molecular complexity index is 903. The Kier molecular flexibility index (Phi) is 5.34. The maximum Gasteiger partial charge on any atom is 0.234 e. The molecule has 9 heteroatoms. The van der Waals surface area contributed by atoms with Crippen molar-refractivity contribution in [3.05, 3.63) is 58.8 Å². The smallest absolute Gasteiger partial charge is 0.234 e. The van der Waals surface area contributed by atoms with E-state index in [-0.39, 0.29) is 17.3 Å². The molecule has 1 aromatic heterocycles. The third-order valence-corrected chi connectivity index (χ3v) is 4.67. The van der Waals surface area contributed by atoms with Crippen LogP contribution in [0.1, 0.15) is 0 Å². The van der Waals surface area contributed by atoms with Gasteiger partial charge < -0.3 is 11.2 Å². The number of nitrogens with zero attached hydrogens (tertiary/aromatic N) is 3. The zero-order valence-electron chi connectivity index (χ0n) is 12.8. The summed E-state index contributed by atoms with van der Waals surface area (Å²) in [5.74, 6) is 5.64. The van der Waals surface area contributed by atoms with Gasteiger partial charge in [-0.2, -0.15) is 0 Å². The summed E-state index contributed by atoms with van der Waals surface area (Å²) in [5, 5.41) is 10.9. The normalized spacial score (nSPS) is 10.6. The van der Waals surface area contributed by atoms with Gasteiger partial charge in [0.15, 0.2) is 5.82 Å². The van der Waals surface area contributed by atoms with Crippen molar-refractivity contribution in [2.75, 3.05) is 16.9 Å². The van der Waals surface area contributed by atoms with E-state index in [1.54, 1.807) is 6.07 Å². The van der Waals surface area contributed by atoms with Crippen LogP contribution < -0.4 is 11.2 Å². The summed E-state index contributed by atoms with van der Waals surface area (Å²) in [4.78, 5) is 12.0. The average molecular weight is 422 g/mol. The van der Waals surface area contributed by atoms with Gasteiger partial charge in [-0.25, -0.2) is 9.07 Å². The number of thioether (sulfide) groups is 1. The highest BCUT2D eigenvalue weighted by atomic mass is 79.9. The second-order valence-corrected chi connectivity index (χ2v) is 6.86. The lowest BCUT2D eigenvalue weighted by molar-refractivity contribution is -0.113. The highest BCUT2D eigenvalue weighted by molar-refractivity contribution is 9.10. The lowest BCUT2D eigenvalue weighted by Gasteiger charge is -2.07. The average Bonchev–Trinajstić information content (AvgIpc) is 2.97. The minimum atomic E-state index is -0.513. The number of benzene rings is 2. The molecule has 3 N–H and O–H groups in total. The van der Waals surface area contributed by atoms with Crippen LogP contribution in [0.25, 0.3) is 11.4 Å². The number of hydrogen-bond donors (Lipinski definition) is 2. The van der Waals surface area contributed by atoms with E-state index in [1.165, 1.54) is 16.8 Å². The molecule has 0 radical (unpaired) electrons. The SMILES string of the molecule is Nn1c(SCC(=O)Nc2ccc(Br)cc2F)nnc1-c1ccccc1. The first-order valence-electron chi connectivity index (χ1n) is 7.18. The number of aromatic nitrogens is 3. The Morgan fingerprint density at radius 3 is 2.72 bits per heavy atom. The van der Waals surface area contributed by atoms with Crippen LogP contribution >= 0.6 is 27.7 Å². The summed E-state index contributed by atoms with van der Waals surface area (Å²) in [6.45, 7) is 0. The zero-order valence-corrected chi connectivity index (χ0v) is 15.2. The van der Waals surface area contributed by atoms with Crippen molar-refractivity contribution >= 4 is 39.3 Å². The van der Waals surface area contributed by atoms with Crippen molar-refractivity contribution in [1.29, 1.82) is 0 Å². The van der Waals surface area contributed by atoms with E-state index < -0.39 is 5.82 Å². The molecular formula is C16H13BrFN5OS. The van der Waals surface area contributed by atoms with Gasteiger partial charge in [0.2, 0.25) is 11.1 Å². The van der Waals surface area contributed by atoms with Gasteiger partial charge in [0.05, 0.1) is 11.4 Å². The zero-order chi connectivity index (χ0) is 17.8. The van der Waals surface area contributed by atoms with E-state index in [0.717, 1.165) is 17.3 Å². The number of amides is 1. The molecule has 3 rings (SSSR count). The summed E-state index contributed by atoms with van der Waals surface area (Å²) in [7, 11) is 0. The largest absolute Gasteiger partial charge is 0.335 e. The van der Waals surface area contributed by atoms with Crippen LogP contribution in [0.3, 0.4) is 0 Å². The van der Waals surface area contributed by atoms with E-state index in [1.807, 2.05) is 30.3 Å². The van der Waals surface area contributed by atoms with Gasteiger partial charge in [-0.05, 0) is 18.2 Å². The maximum absolute atomic E-state index is 13.7. The maximum atomic E-state index is 13.7. The Balaban J connectivity index is 1.64. The van der Waals surface area contributed by atoms with Crippen LogP contribution in [0.15, 0.2) is 58.2 Å². The number of carbonyl (C=O) groups excluding carboxylic acids is 1. The summed E-state index contributed by atoms with van der Waals surface area (Å²) < 4.78 is 15.7. The number of nitrogen functional groups attached to an aromatic ring is 1. The van der Waals surface area contributed by atoms with Gasteiger partial charge in [-0.15, -0.1) is 10.2 Å². The quantitative estimate of drug-likeness (QED) is 0.487. The Labute approximate surface area is 155 Å². The first-order chi connectivity index (χ1) is 12.0. The summed E-state index contributed by atoms with van der Waals surface area (Å²) >= 11 is 4.28. The first-order valence-corrected chi connectivity index (χ1v) is 8.96. The fraction of sp³-hybridized carbons (Fsp3) is 0.0625. The van der Waals surface area contributed by atoms with E-state index >= 15 is 0 Å². The van der Waals surface area contributed by atoms with Gasteiger partial charge in [0.1, 0.15) is 5.82 Å². The van der Waals surface area contributed by atoms with Gasteiger partial charge in [-0.1, -0.05) is 58.0 Å². The molecule has 0 aliphatic rings. The number of carbonyl (C=O) groups is 1. The van der Waals surface area contributed by atoms with Gasteiger partial charge >= 0.3 is 0 Å². The highest BCUT2D eigenvalue weighted by Gasteiger charge is 2.14. The second-order valence-electron chi connectivity index (χ2n) is 5.00. The standard InChI is InChI=1S/C16H13BrFN5OS/c17-11-6-7-13(12(18)8-11)20-14(24)9-25-16-22-21-15(23(16)19)10-4-2-1-3-5-10/h1-8H,9,19H2,(H,20,24). The molecule has 0 aliphatic carbocycles. The molecular weight excluding hydrogens is 409 g/mol. The van der Waals surface area contributed by atoms with E-state index in [2.05, 4.69) is 31.4 Å². The molecule has 128 valence electrons. The molecule has 0 unspecified atom stereocenters. The van der Waals surface area contributed by atoms with Gasteiger partial charge in [-0.3, -0.25) is 4.79 Å². The fourth-order valence-electron chi connectivity index (χ4n) is 2.07. The number of hydrogen-bond acceptors (Lipinski definition) is 5. The molecule has 0 aliphatic heterocycles. The van der Waals surface area contributed by atoms with Crippen LogP contribution in [0, 0.1) is 5.82 Å². The second kappa shape index (κ2) is 7.66. The van der Waals surface area contributed by atoms with Crippen molar-refractivity contribution < 1.29 is 9.18 Å². The van der Waals surface area contributed by atoms with Crippen LogP contribution in [0.5, 0.6) is 0 Å². The minimum Gasteiger partial charge on any atom is -0.335 e.